The van der Waals surface area contributed by atoms with Crippen molar-refractivity contribution in [2.45, 2.75) is 26.3 Å². The molecule has 3 aromatic rings. The van der Waals surface area contributed by atoms with E-state index in [1.165, 1.54) is 6.07 Å². The van der Waals surface area contributed by atoms with Crippen LogP contribution in [0.5, 0.6) is 0 Å². The number of nitrogens with two attached hydrogens (primary N) is 1. The van der Waals surface area contributed by atoms with Gasteiger partial charge in [-0.15, -0.1) is 0 Å². The predicted molar refractivity (Wildman–Crippen MR) is 117 cm³/mol. The predicted octanol–water partition coefficient (Wildman–Crippen LogP) is 5.08. The smallest absolute Gasteiger partial charge is 0.411 e. The van der Waals surface area contributed by atoms with Gasteiger partial charge in [-0.3, -0.25) is 5.32 Å². The highest BCUT2D eigenvalue weighted by Gasteiger charge is 2.18. The van der Waals surface area contributed by atoms with Gasteiger partial charge in [0.1, 0.15) is 17.5 Å². The van der Waals surface area contributed by atoms with Crippen molar-refractivity contribution in [3.8, 4) is 0 Å². The van der Waals surface area contributed by atoms with E-state index in [4.69, 9.17) is 10.5 Å². The molecular weight excluding hydrogens is 383 g/mol. The van der Waals surface area contributed by atoms with Crippen LogP contribution in [0.3, 0.4) is 0 Å². The number of aromatic nitrogens is 1. The number of carbonyl (C=O) groups excluding carboxylic acids is 1. The van der Waals surface area contributed by atoms with E-state index in [2.05, 4.69) is 15.6 Å². The molecule has 0 saturated heterocycles. The van der Waals surface area contributed by atoms with Gasteiger partial charge in [0.05, 0.1) is 18.3 Å². The maximum Gasteiger partial charge on any atom is 0.411 e. The van der Waals surface area contributed by atoms with Gasteiger partial charge >= 0.3 is 6.09 Å². The van der Waals surface area contributed by atoms with Crippen LogP contribution >= 0.6 is 0 Å². The third-order valence-corrected chi connectivity index (χ3v) is 4.57. The lowest BCUT2D eigenvalue weighted by molar-refractivity contribution is 0.168. The van der Waals surface area contributed by atoms with Crippen LogP contribution in [-0.2, 0) is 11.2 Å². The topological polar surface area (TPSA) is 89.3 Å². The summed E-state index contributed by atoms with van der Waals surface area (Å²) in [6, 6.07) is 18.0. The number of hydrogen-bond donors (Lipinski definition) is 3. The second-order valence-electron chi connectivity index (χ2n) is 6.89. The van der Waals surface area contributed by atoms with Gasteiger partial charge in [0.15, 0.2) is 0 Å². The van der Waals surface area contributed by atoms with E-state index in [1.54, 1.807) is 25.1 Å². The highest BCUT2D eigenvalue weighted by molar-refractivity contribution is 5.88. The zero-order valence-electron chi connectivity index (χ0n) is 17.0. The molecule has 156 valence electrons. The molecule has 3 rings (SSSR count). The number of halogens is 1. The van der Waals surface area contributed by atoms with Crippen molar-refractivity contribution in [2.75, 3.05) is 23.0 Å². The second-order valence-corrected chi connectivity index (χ2v) is 6.89. The number of hydrogen-bond acceptors (Lipinski definition) is 5. The minimum absolute atomic E-state index is 0.135. The minimum atomic E-state index is -0.601. The highest BCUT2D eigenvalue weighted by atomic mass is 19.1. The number of rotatable bonds is 7. The summed E-state index contributed by atoms with van der Waals surface area (Å²) in [7, 11) is 0. The second kappa shape index (κ2) is 9.73. The van der Waals surface area contributed by atoms with Crippen LogP contribution in [0.1, 0.15) is 29.7 Å². The molecule has 6 nitrogen and oxygen atoms in total. The van der Waals surface area contributed by atoms with Crippen LogP contribution in [0, 0.1) is 12.7 Å². The van der Waals surface area contributed by atoms with E-state index in [0.29, 0.717) is 23.5 Å². The summed E-state index contributed by atoms with van der Waals surface area (Å²) in [6.45, 7) is 3.82. The first-order valence-corrected chi connectivity index (χ1v) is 9.73. The summed E-state index contributed by atoms with van der Waals surface area (Å²) in [5, 5.41) is 5.82. The maximum absolute atomic E-state index is 14.7. The lowest BCUT2D eigenvalue weighted by Gasteiger charge is -2.21. The molecule has 1 heterocycles. The van der Waals surface area contributed by atoms with Gasteiger partial charge < -0.3 is 15.8 Å². The molecule has 1 amide bonds. The van der Waals surface area contributed by atoms with Crippen LogP contribution in [0.4, 0.5) is 26.5 Å². The van der Waals surface area contributed by atoms with Gasteiger partial charge in [0.25, 0.3) is 0 Å². The van der Waals surface area contributed by atoms with E-state index < -0.39 is 6.09 Å². The van der Waals surface area contributed by atoms with Gasteiger partial charge in [-0.2, -0.15) is 0 Å². The number of anilines is 3. The molecule has 0 radical (unpaired) electrons. The molecule has 0 fully saturated rings. The van der Waals surface area contributed by atoms with Crippen molar-refractivity contribution in [2.24, 2.45) is 0 Å². The standard InChI is InChI=1S/C23H25FN4O2/c1-3-30-23(29)27-19-11-12-21(28-22(19)25)26-20(14-16-7-5-4-6-8-16)17-10-9-15(2)13-18(17)24/h4-13,20H,3,14H2,1-2H3,(H,27,29)(H3,25,26,28). The number of ether oxygens (including phenoxy) is 1. The number of nitrogens with zero attached hydrogens (tertiary/aromatic N) is 1. The first kappa shape index (κ1) is 21.1. The van der Waals surface area contributed by atoms with Gasteiger partial charge in [-0.1, -0.05) is 42.5 Å². The van der Waals surface area contributed by atoms with E-state index in [-0.39, 0.29) is 24.3 Å². The molecule has 0 aliphatic heterocycles. The molecule has 7 heteroatoms. The first-order chi connectivity index (χ1) is 14.5. The van der Waals surface area contributed by atoms with E-state index in [1.807, 2.05) is 43.3 Å². The maximum atomic E-state index is 14.7. The summed E-state index contributed by atoms with van der Waals surface area (Å²) in [5.41, 5.74) is 8.79. The normalized spacial score (nSPS) is 11.6. The molecule has 1 unspecified atom stereocenters. The zero-order chi connectivity index (χ0) is 21.5. The summed E-state index contributed by atoms with van der Waals surface area (Å²) in [6.07, 6.45) is -0.0407. The molecular formula is C23H25FN4O2. The number of carbonyl (C=O) groups is 1. The Hall–Kier alpha value is -3.61. The Labute approximate surface area is 175 Å². The van der Waals surface area contributed by atoms with Crippen molar-refractivity contribution >= 4 is 23.4 Å². The van der Waals surface area contributed by atoms with Crippen LogP contribution in [0.15, 0.2) is 60.7 Å². The van der Waals surface area contributed by atoms with Crippen molar-refractivity contribution in [1.82, 2.24) is 4.98 Å². The van der Waals surface area contributed by atoms with Crippen LogP contribution < -0.4 is 16.4 Å². The molecule has 0 aliphatic carbocycles. The Morgan fingerprint density at radius 2 is 1.93 bits per heavy atom. The SMILES string of the molecule is CCOC(=O)Nc1ccc(NC(Cc2ccccc2)c2ccc(C)cc2F)nc1N. The Balaban J connectivity index is 1.85. The number of nitrogen functional groups attached to an aromatic ring is 1. The Morgan fingerprint density at radius 1 is 1.17 bits per heavy atom. The number of pyridine rings is 1. The molecule has 1 atom stereocenters. The van der Waals surface area contributed by atoms with Crippen LogP contribution in [0.25, 0.3) is 0 Å². The summed E-state index contributed by atoms with van der Waals surface area (Å²) in [5.74, 6) is 0.329. The van der Waals surface area contributed by atoms with Gasteiger partial charge in [-0.25, -0.2) is 14.2 Å². The Kier molecular flexibility index (Phi) is 6.85. The van der Waals surface area contributed by atoms with Gasteiger partial charge in [0, 0.05) is 5.56 Å². The average molecular weight is 408 g/mol. The molecule has 2 aromatic carbocycles. The Bertz CT molecular complexity index is 1010. The lowest BCUT2D eigenvalue weighted by Crippen LogP contribution is -2.18. The third kappa shape index (κ3) is 5.47. The monoisotopic (exact) mass is 408 g/mol. The summed E-state index contributed by atoms with van der Waals surface area (Å²) >= 11 is 0. The van der Waals surface area contributed by atoms with Crippen LogP contribution in [-0.4, -0.2) is 17.7 Å². The van der Waals surface area contributed by atoms with Crippen molar-refractivity contribution in [3.63, 3.8) is 0 Å². The molecule has 0 bridgehead atoms. The molecule has 4 N–H and O–H groups in total. The first-order valence-electron chi connectivity index (χ1n) is 9.73. The van der Waals surface area contributed by atoms with Crippen molar-refractivity contribution in [1.29, 1.82) is 0 Å². The van der Waals surface area contributed by atoms with Crippen molar-refractivity contribution in [3.05, 3.63) is 83.2 Å². The van der Waals surface area contributed by atoms with E-state index >= 15 is 0 Å². The number of aryl methyl sites for hydroxylation is 1. The number of benzene rings is 2. The minimum Gasteiger partial charge on any atom is -0.450 e. The summed E-state index contributed by atoms with van der Waals surface area (Å²) < 4.78 is 19.6. The Morgan fingerprint density at radius 3 is 2.60 bits per heavy atom. The largest absolute Gasteiger partial charge is 0.450 e. The number of nitrogens with one attached hydrogen (secondary N) is 2. The molecule has 0 spiro atoms. The quantitative estimate of drug-likeness (QED) is 0.508. The molecule has 0 aliphatic rings. The fourth-order valence-electron chi connectivity index (χ4n) is 3.12. The third-order valence-electron chi connectivity index (χ3n) is 4.57. The number of amides is 1. The summed E-state index contributed by atoms with van der Waals surface area (Å²) in [4.78, 5) is 15.9. The van der Waals surface area contributed by atoms with Crippen LogP contribution in [0.2, 0.25) is 0 Å². The van der Waals surface area contributed by atoms with Crippen molar-refractivity contribution < 1.29 is 13.9 Å². The lowest BCUT2D eigenvalue weighted by atomic mass is 9.97. The van der Waals surface area contributed by atoms with E-state index in [9.17, 15) is 9.18 Å². The highest BCUT2D eigenvalue weighted by Crippen LogP contribution is 2.27. The van der Waals surface area contributed by atoms with E-state index in [0.717, 1.165) is 11.1 Å². The van der Waals surface area contributed by atoms with Gasteiger partial charge in [0.2, 0.25) is 0 Å². The zero-order valence-corrected chi connectivity index (χ0v) is 17.0. The van der Waals surface area contributed by atoms with Gasteiger partial charge in [-0.05, 0) is 49.6 Å². The average Bonchev–Trinajstić information content (AvgIpc) is 2.71. The fourth-order valence-corrected chi connectivity index (χ4v) is 3.12. The molecule has 0 saturated carbocycles. The molecule has 30 heavy (non-hydrogen) atoms. The molecule has 1 aromatic heterocycles. The fraction of sp³-hybridized carbons (Fsp3) is 0.217.